The fraction of sp³-hybridized carbons (Fsp3) is 0.294. The van der Waals surface area contributed by atoms with E-state index >= 15 is 0 Å². The predicted octanol–water partition coefficient (Wildman–Crippen LogP) is 5.96. The number of piperidine rings is 1. The molecule has 0 radical (unpaired) electrons. The lowest BCUT2D eigenvalue weighted by atomic mass is 9.93. The molecule has 14 heteroatoms. The normalized spacial score (nSPS) is 17.1. The van der Waals surface area contributed by atoms with Crippen molar-refractivity contribution in [3.05, 3.63) is 118 Å². The molecule has 0 unspecified atom stereocenters. The first-order valence-corrected chi connectivity index (χ1v) is 15.8. The summed E-state index contributed by atoms with van der Waals surface area (Å²) in [5, 5.41) is 2.62. The molecule has 1 saturated heterocycles. The molecule has 1 N–H and O–H groups in total. The minimum absolute atomic E-state index is 0.0193. The molecule has 4 rings (SSSR count). The van der Waals surface area contributed by atoms with Crippen LogP contribution in [0, 0.1) is 0 Å². The summed E-state index contributed by atoms with van der Waals surface area (Å²) in [4.78, 5) is 40.5. The van der Waals surface area contributed by atoms with Crippen molar-refractivity contribution in [2.45, 2.75) is 50.9 Å². The lowest BCUT2D eigenvalue weighted by Gasteiger charge is -2.30. The molecular formula is C34H30F6N2O5S. The van der Waals surface area contributed by atoms with Gasteiger partial charge in [0.25, 0.3) is 0 Å². The van der Waals surface area contributed by atoms with Crippen LogP contribution in [-0.4, -0.2) is 48.9 Å². The van der Waals surface area contributed by atoms with Crippen LogP contribution < -0.4 is 5.32 Å². The Labute approximate surface area is 273 Å². The maximum absolute atomic E-state index is 13.6. The van der Waals surface area contributed by atoms with Crippen LogP contribution in [0.4, 0.5) is 26.3 Å². The van der Waals surface area contributed by atoms with Gasteiger partial charge in [0.15, 0.2) is 5.78 Å². The molecule has 2 aromatic rings. The van der Waals surface area contributed by atoms with Gasteiger partial charge < -0.3 is 10.2 Å². The number of carbonyl (C=O) groups excluding carboxylic acids is 3. The fourth-order valence-electron chi connectivity index (χ4n) is 5.25. The Morgan fingerprint density at radius 3 is 1.77 bits per heavy atom. The summed E-state index contributed by atoms with van der Waals surface area (Å²) in [6.45, 7) is -0.460. The highest BCUT2D eigenvalue weighted by Gasteiger charge is 2.34. The quantitative estimate of drug-likeness (QED) is 0.199. The van der Waals surface area contributed by atoms with E-state index in [0.717, 1.165) is 12.1 Å². The summed E-state index contributed by atoms with van der Waals surface area (Å²) >= 11 is 0. The van der Waals surface area contributed by atoms with E-state index in [4.69, 9.17) is 0 Å². The van der Waals surface area contributed by atoms with Crippen LogP contribution in [0.25, 0.3) is 0 Å². The van der Waals surface area contributed by atoms with Crippen molar-refractivity contribution in [2.24, 2.45) is 0 Å². The first-order valence-electron chi connectivity index (χ1n) is 14.8. The van der Waals surface area contributed by atoms with E-state index in [0.29, 0.717) is 5.70 Å². The summed E-state index contributed by atoms with van der Waals surface area (Å²) in [5.41, 5.74) is -1.51. The highest BCUT2D eigenvalue weighted by Crippen LogP contribution is 2.34. The highest BCUT2D eigenvalue weighted by atomic mass is 32.2. The zero-order valence-electron chi connectivity index (χ0n) is 25.3. The molecule has 48 heavy (non-hydrogen) atoms. The highest BCUT2D eigenvalue weighted by molar-refractivity contribution is 7.73. The van der Waals surface area contributed by atoms with Gasteiger partial charge in [-0.3, -0.25) is 14.4 Å². The first-order chi connectivity index (χ1) is 22.6. The Morgan fingerprint density at radius 1 is 0.792 bits per heavy atom. The summed E-state index contributed by atoms with van der Waals surface area (Å²) < 4.78 is 103. The second kappa shape index (κ2) is 15.5. The Morgan fingerprint density at radius 2 is 1.31 bits per heavy atom. The number of nitrogens with zero attached hydrogens (tertiary/aromatic N) is 1. The largest absolute Gasteiger partial charge is 0.416 e. The Bertz CT molecular complexity index is 1760. The number of ketones is 1. The van der Waals surface area contributed by atoms with Crippen molar-refractivity contribution in [1.82, 2.24) is 10.2 Å². The van der Waals surface area contributed by atoms with Crippen LogP contribution in [-0.2, 0) is 49.9 Å². The number of Topliss-reactive ketones (excluding diaryl/α,β-unsaturated/α-hetero) is 1. The fourth-order valence-corrected chi connectivity index (χ4v) is 5.65. The van der Waals surface area contributed by atoms with Gasteiger partial charge in [-0.05, 0) is 54.7 Å². The van der Waals surface area contributed by atoms with Crippen LogP contribution in [0.1, 0.15) is 47.9 Å². The number of hydrogen-bond acceptors (Lipinski definition) is 5. The molecule has 1 aliphatic heterocycles. The van der Waals surface area contributed by atoms with Gasteiger partial charge >= 0.3 is 12.4 Å². The molecule has 0 atom stereocenters. The summed E-state index contributed by atoms with van der Waals surface area (Å²) in [5.74, 6) is -1.47. The number of rotatable bonds is 9. The van der Waals surface area contributed by atoms with Crippen molar-refractivity contribution < 1.29 is 49.1 Å². The molecule has 1 fully saturated rings. The third kappa shape index (κ3) is 9.66. The van der Waals surface area contributed by atoms with Crippen LogP contribution in [0.2, 0.25) is 0 Å². The van der Waals surface area contributed by atoms with Crippen molar-refractivity contribution in [2.75, 3.05) is 13.1 Å². The zero-order chi connectivity index (χ0) is 35.1. The maximum Gasteiger partial charge on any atom is 0.416 e. The lowest BCUT2D eigenvalue weighted by Crippen LogP contribution is -2.41. The van der Waals surface area contributed by atoms with Gasteiger partial charge in [-0.15, -0.1) is 0 Å². The van der Waals surface area contributed by atoms with Gasteiger partial charge in [0.2, 0.25) is 22.1 Å². The van der Waals surface area contributed by atoms with Gasteiger partial charge in [-0.2, -0.15) is 34.8 Å². The molecule has 2 aromatic carbocycles. The zero-order valence-corrected chi connectivity index (χ0v) is 26.1. The number of carbonyl (C=O) groups is 3. The molecule has 1 aliphatic carbocycles. The van der Waals surface area contributed by atoms with E-state index < -0.39 is 51.4 Å². The molecule has 0 spiro atoms. The van der Waals surface area contributed by atoms with E-state index in [9.17, 15) is 49.1 Å². The summed E-state index contributed by atoms with van der Waals surface area (Å²) in [7, 11) is -2.37. The third-order valence-corrected chi connectivity index (χ3v) is 8.44. The predicted molar refractivity (Wildman–Crippen MR) is 166 cm³/mol. The number of allylic oxidation sites excluding steroid dienone is 5. The molecule has 254 valence electrons. The van der Waals surface area contributed by atoms with E-state index in [-0.39, 0.29) is 78.8 Å². The summed E-state index contributed by atoms with van der Waals surface area (Å²) in [6, 6.07) is 9.69. The number of amides is 2. The Balaban J connectivity index is 1.50. The molecule has 2 aliphatic rings. The van der Waals surface area contributed by atoms with Crippen molar-refractivity contribution >= 4 is 32.8 Å². The third-order valence-electron chi connectivity index (χ3n) is 7.70. The number of benzene rings is 2. The number of nitrogens with one attached hydrogen (secondary N) is 1. The molecule has 0 saturated carbocycles. The smallest absolute Gasteiger partial charge is 0.334 e. The minimum Gasteiger partial charge on any atom is -0.334 e. The first kappa shape index (κ1) is 36.1. The van der Waals surface area contributed by atoms with E-state index in [1.807, 2.05) is 0 Å². The Hall–Kier alpha value is -4.72. The van der Waals surface area contributed by atoms with Gasteiger partial charge in [0.1, 0.15) is 0 Å². The van der Waals surface area contributed by atoms with E-state index in [1.165, 1.54) is 71.7 Å². The van der Waals surface area contributed by atoms with Gasteiger partial charge in [0.05, 0.1) is 16.0 Å². The molecule has 0 bridgehead atoms. The number of alkyl halides is 6. The second-order valence-corrected chi connectivity index (χ2v) is 12.0. The lowest BCUT2D eigenvalue weighted by molar-refractivity contribution is -0.139. The molecule has 1 heterocycles. The van der Waals surface area contributed by atoms with Crippen LogP contribution in [0.5, 0.6) is 0 Å². The number of hydrogen-bond donors (Lipinski definition) is 1. The molecular weight excluding hydrogens is 662 g/mol. The van der Waals surface area contributed by atoms with Gasteiger partial charge in [0, 0.05) is 49.2 Å². The maximum atomic E-state index is 13.6. The number of likely N-dealkylation sites (tertiary alicyclic amines) is 1. The molecule has 2 amide bonds. The van der Waals surface area contributed by atoms with Crippen molar-refractivity contribution in [3.63, 3.8) is 0 Å². The topological polar surface area (TPSA) is 101 Å². The minimum atomic E-state index is -4.64. The van der Waals surface area contributed by atoms with Crippen LogP contribution >= 0.6 is 0 Å². The molecule has 7 nitrogen and oxygen atoms in total. The van der Waals surface area contributed by atoms with Crippen molar-refractivity contribution in [1.29, 1.82) is 0 Å². The summed E-state index contributed by atoms with van der Waals surface area (Å²) in [6.07, 6.45) is -2.90. The average Bonchev–Trinajstić information content (AvgIpc) is 3.03. The van der Waals surface area contributed by atoms with E-state index in [1.54, 1.807) is 0 Å². The average molecular weight is 693 g/mol. The second-order valence-electron chi connectivity index (χ2n) is 11.1. The Kier molecular flexibility index (Phi) is 11.6. The van der Waals surface area contributed by atoms with Crippen molar-refractivity contribution in [3.8, 4) is 0 Å². The SMILES string of the molecule is O=C(CCCC(=O)N1C/C(=C\Cc2ccccc2C(F)(F)F)C(=O)/C(=C/Cc2ccccc2C(F)(F)F)C1)NC1=CCC(=S(=O)=O)C=C1. The monoisotopic (exact) mass is 692 g/mol. The van der Waals surface area contributed by atoms with E-state index in [2.05, 4.69) is 5.32 Å². The molecule has 0 aromatic heterocycles. The standard InChI is InChI=1S/C34H30F6N2O5S/c35-33(36,37)28-8-3-1-6-22(28)12-14-24-20-42(21-25(32(24)45)15-13-23-7-2-4-9-29(23)34(38,39)40)31(44)11-5-10-30(43)41-26-16-18-27(19-17-26)48(46)47/h1-4,6-9,14-18H,5,10-13,19-21H2,(H,41,43)/b24-14+,25-15+. The number of halogens is 6. The van der Waals surface area contributed by atoms with Gasteiger partial charge in [-0.1, -0.05) is 54.6 Å². The van der Waals surface area contributed by atoms with Crippen LogP contribution in [0.15, 0.2) is 95.8 Å². The van der Waals surface area contributed by atoms with Gasteiger partial charge in [-0.25, -0.2) is 0 Å². The van der Waals surface area contributed by atoms with Crippen LogP contribution in [0.3, 0.4) is 0 Å².